The molecule has 4 heteroatoms. The molecule has 1 N–H and O–H groups in total. The van der Waals surface area contributed by atoms with Crippen molar-refractivity contribution in [2.75, 3.05) is 0 Å². The summed E-state index contributed by atoms with van der Waals surface area (Å²) in [6.45, 7) is 0.976. The zero-order valence-corrected chi connectivity index (χ0v) is 11.1. The number of nitrogens with zero attached hydrogens (tertiary/aromatic N) is 2. The molecule has 3 nitrogen and oxygen atoms in total. The minimum Gasteiger partial charge on any atom is -0.300 e. The number of aromatic nitrogens is 3. The number of rotatable bonds is 4. The van der Waals surface area contributed by atoms with Crippen LogP contribution in [0.1, 0.15) is 25.7 Å². The van der Waals surface area contributed by atoms with Gasteiger partial charge in [0.25, 0.3) is 0 Å². The third-order valence-electron chi connectivity index (χ3n) is 3.78. The molecule has 0 amide bonds. The molecule has 18 heavy (non-hydrogen) atoms. The van der Waals surface area contributed by atoms with E-state index in [1.54, 1.807) is 0 Å². The summed E-state index contributed by atoms with van der Waals surface area (Å²) >= 11 is 5.32. The average Bonchev–Trinajstić information content (AvgIpc) is 2.70. The number of nitrogens with one attached hydrogen (secondary N) is 1. The van der Waals surface area contributed by atoms with Crippen LogP contribution in [0.5, 0.6) is 0 Å². The molecule has 0 atom stereocenters. The predicted octanol–water partition coefficient (Wildman–Crippen LogP) is 3.80. The summed E-state index contributed by atoms with van der Waals surface area (Å²) in [7, 11) is 0. The molecule has 94 valence electrons. The molecule has 1 aliphatic rings. The van der Waals surface area contributed by atoms with Gasteiger partial charge < -0.3 is 4.57 Å². The summed E-state index contributed by atoms with van der Waals surface area (Å²) in [5, 5.41) is 7.26. The fourth-order valence-corrected chi connectivity index (χ4v) is 2.65. The third-order valence-corrected chi connectivity index (χ3v) is 4.09. The number of aromatic amines is 1. The van der Waals surface area contributed by atoms with Gasteiger partial charge in [-0.05, 0) is 24.6 Å². The normalized spacial score (nSPS) is 15.6. The van der Waals surface area contributed by atoms with Crippen LogP contribution >= 0.6 is 12.2 Å². The first-order valence-electron chi connectivity index (χ1n) is 6.55. The first kappa shape index (κ1) is 11.7. The molecule has 0 bridgehead atoms. The van der Waals surface area contributed by atoms with Gasteiger partial charge in [0, 0.05) is 12.1 Å². The Bertz CT molecular complexity index is 566. The summed E-state index contributed by atoms with van der Waals surface area (Å²) in [5.74, 6) is 1.85. The zero-order valence-electron chi connectivity index (χ0n) is 10.3. The molecular weight excluding hydrogens is 242 g/mol. The van der Waals surface area contributed by atoms with Crippen LogP contribution in [0.15, 0.2) is 30.3 Å². The lowest BCUT2D eigenvalue weighted by Gasteiger charge is -2.25. The molecule has 0 spiro atoms. The minimum absolute atomic E-state index is 0.730. The molecule has 1 saturated carbocycles. The molecule has 1 aromatic heterocycles. The highest BCUT2D eigenvalue weighted by molar-refractivity contribution is 7.71. The predicted molar refractivity (Wildman–Crippen MR) is 74.8 cm³/mol. The molecule has 0 radical (unpaired) electrons. The Labute approximate surface area is 112 Å². The Kier molecular flexibility index (Phi) is 3.28. The topological polar surface area (TPSA) is 33.6 Å². The first-order valence-corrected chi connectivity index (χ1v) is 6.96. The summed E-state index contributed by atoms with van der Waals surface area (Å²) in [5.41, 5.74) is 1.12. The lowest BCUT2D eigenvalue weighted by molar-refractivity contribution is 0.282. The largest absolute Gasteiger partial charge is 0.300 e. The van der Waals surface area contributed by atoms with Crippen LogP contribution in [-0.2, 0) is 6.54 Å². The smallest absolute Gasteiger partial charge is 0.195 e. The maximum Gasteiger partial charge on any atom is 0.195 e. The van der Waals surface area contributed by atoms with Gasteiger partial charge in [-0.25, -0.2) is 0 Å². The van der Waals surface area contributed by atoms with Crippen molar-refractivity contribution in [1.29, 1.82) is 0 Å². The van der Waals surface area contributed by atoms with Crippen LogP contribution in [0.25, 0.3) is 11.4 Å². The van der Waals surface area contributed by atoms with Crippen LogP contribution in [-0.4, -0.2) is 14.8 Å². The fraction of sp³-hybridized carbons (Fsp3) is 0.429. The van der Waals surface area contributed by atoms with E-state index in [0.29, 0.717) is 0 Å². The van der Waals surface area contributed by atoms with Crippen LogP contribution in [0.3, 0.4) is 0 Å². The summed E-state index contributed by atoms with van der Waals surface area (Å²) in [4.78, 5) is 0. The highest BCUT2D eigenvalue weighted by atomic mass is 32.1. The first-order chi connectivity index (χ1) is 8.84. The second-order valence-electron chi connectivity index (χ2n) is 4.96. The van der Waals surface area contributed by atoms with Crippen molar-refractivity contribution >= 4 is 12.2 Å². The van der Waals surface area contributed by atoms with E-state index in [-0.39, 0.29) is 0 Å². The van der Waals surface area contributed by atoms with Crippen molar-refractivity contribution in [2.24, 2.45) is 5.92 Å². The molecule has 3 rings (SSSR count). The molecular formula is C14H17N3S. The molecule has 0 saturated heterocycles. The number of benzene rings is 1. The van der Waals surface area contributed by atoms with Crippen LogP contribution in [0.2, 0.25) is 0 Å². The van der Waals surface area contributed by atoms with Gasteiger partial charge >= 0.3 is 0 Å². The van der Waals surface area contributed by atoms with E-state index in [2.05, 4.69) is 26.9 Å². The fourth-order valence-electron chi connectivity index (χ4n) is 2.43. The molecule has 1 fully saturated rings. The monoisotopic (exact) mass is 259 g/mol. The van der Waals surface area contributed by atoms with E-state index in [4.69, 9.17) is 12.2 Å². The Balaban J connectivity index is 1.84. The molecule has 2 aromatic rings. The Morgan fingerprint density at radius 2 is 2.06 bits per heavy atom. The lowest BCUT2D eigenvalue weighted by atomic mass is 9.83. The maximum absolute atomic E-state index is 5.32. The van der Waals surface area contributed by atoms with E-state index in [0.717, 1.165) is 28.6 Å². The van der Waals surface area contributed by atoms with Gasteiger partial charge in [-0.2, -0.15) is 5.10 Å². The Hall–Kier alpha value is -1.42. The van der Waals surface area contributed by atoms with E-state index in [1.165, 1.54) is 25.7 Å². The molecule has 1 heterocycles. The Morgan fingerprint density at radius 1 is 1.28 bits per heavy atom. The molecule has 0 unspecified atom stereocenters. The maximum atomic E-state index is 5.32. The van der Waals surface area contributed by atoms with Crippen LogP contribution < -0.4 is 0 Å². The summed E-state index contributed by atoms with van der Waals surface area (Å²) < 4.78 is 2.86. The Morgan fingerprint density at radius 3 is 2.72 bits per heavy atom. The zero-order chi connectivity index (χ0) is 12.4. The summed E-state index contributed by atoms with van der Waals surface area (Å²) in [6.07, 6.45) is 5.37. The van der Waals surface area contributed by atoms with Gasteiger partial charge in [-0.3, -0.25) is 5.10 Å². The number of hydrogen-bond donors (Lipinski definition) is 1. The van der Waals surface area contributed by atoms with Crippen molar-refractivity contribution in [3.05, 3.63) is 35.1 Å². The van der Waals surface area contributed by atoms with Crippen molar-refractivity contribution in [1.82, 2.24) is 14.8 Å². The highest BCUT2D eigenvalue weighted by Gasteiger charge is 2.18. The van der Waals surface area contributed by atoms with E-state index in [9.17, 15) is 0 Å². The van der Waals surface area contributed by atoms with Crippen molar-refractivity contribution in [2.45, 2.75) is 32.2 Å². The average molecular weight is 259 g/mol. The van der Waals surface area contributed by atoms with Crippen molar-refractivity contribution in [3.8, 4) is 11.4 Å². The third kappa shape index (κ3) is 2.25. The number of H-pyrrole nitrogens is 1. The molecule has 1 aromatic carbocycles. The van der Waals surface area contributed by atoms with Crippen LogP contribution in [0.4, 0.5) is 0 Å². The van der Waals surface area contributed by atoms with Gasteiger partial charge in [0.15, 0.2) is 10.6 Å². The van der Waals surface area contributed by atoms with E-state index < -0.39 is 0 Å². The second kappa shape index (κ2) is 5.06. The second-order valence-corrected chi connectivity index (χ2v) is 5.34. The molecule has 1 aliphatic carbocycles. The van der Waals surface area contributed by atoms with Crippen LogP contribution in [0, 0.1) is 10.7 Å². The minimum atomic E-state index is 0.730. The number of hydrogen-bond acceptors (Lipinski definition) is 2. The van der Waals surface area contributed by atoms with Gasteiger partial charge in [-0.1, -0.05) is 49.6 Å². The summed E-state index contributed by atoms with van der Waals surface area (Å²) in [6, 6.07) is 10.2. The van der Waals surface area contributed by atoms with Crippen molar-refractivity contribution < 1.29 is 0 Å². The quantitative estimate of drug-likeness (QED) is 0.847. The van der Waals surface area contributed by atoms with E-state index >= 15 is 0 Å². The van der Waals surface area contributed by atoms with Gasteiger partial charge in [0.2, 0.25) is 0 Å². The standard InChI is InChI=1S/C14H17N3S/c18-14-16-15-13(12-7-2-1-3-8-12)17(14)10-9-11-5-4-6-11/h1-3,7-8,11H,4-6,9-10H2,(H,16,18). The highest BCUT2D eigenvalue weighted by Crippen LogP contribution is 2.30. The van der Waals surface area contributed by atoms with Gasteiger partial charge in [-0.15, -0.1) is 0 Å². The van der Waals surface area contributed by atoms with E-state index in [1.807, 2.05) is 18.2 Å². The lowest BCUT2D eigenvalue weighted by Crippen LogP contribution is -2.14. The van der Waals surface area contributed by atoms with Gasteiger partial charge in [0.1, 0.15) is 0 Å². The molecule has 0 aliphatic heterocycles. The van der Waals surface area contributed by atoms with Gasteiger partial charge in [0.05, 0.1) is 0 Å². The van der Waals surface area contributed by atoms with Crippen molar-refractivity contribution in [3.63, 3.8) is 0 Å². The SMILES string of the molecule is S=c1[nH]nc(-c2ccccc2)n1CCC1CCC1.